The fourth-order valence-corrected chi connectivity index (χ4v) is 3.28. The van der Waals surface area contributed by atoms with Gasteiger partial charge in [-0.2, -0.15) is 0 Å². The largest absolute Gasteiger partial charge is 0.489 e. The van der Waals surface area contributed by atoms with Crippen LogP contribution in [0.15, 0.2) is 59.6 Å². The van der Waals surface area contributed by atoms with E-state index in [0.29, 0.717) is 11.6 Å². The molecule has 0 saturated heterocycles. The molecular formula is C20H20BrClFN3O. The first-order valence-corrected chi connectivity index (χ1v) is 9.80. The van der Waals surface area contributed by atoms with E-state index in [9.17, 15) is 4.39 Å². The van der Waals surface area contributed by atoms with Gasteiger partial charge in [-0.3, -0.25) is 0 Å². The van der Waals surface area contributed by atoms with Crippen molar-refractivity contribution in [2.45, 2.75) is 26.1 Å². The molecule has 0 spiro atoms. The van der Waals surface area contributed by atoms with Gasteiger partial charge in [0.2, 0.25) is 0 Å². The minimum atomic E-state index is -0.354. The second-order valence-electron chi connectivity index (χ2n) is 6.11. The van der Waals surface area contributed by atoms with Crippen molar-refractivity contribution in [3.05, 3.63) is 81.6 Å². The second kappa shape index (κ2) is 9.88. The van der Waals surface area contributed by atoms with Crippen molar-refractivity contribution in [3.8, 4) is 5.75 Å². The number of ether oxygens (including phenoxy) is 1. The van der Waals surface area contributed by atoms with Crippen LogP contribution in [-0.4, -0.2) is 16.1 Å². The lowest BCUT2D eigenvalue weighted by Crippen LogP contribution is -2.17. The molecule has 7 heteroatoms. The van der Waals surface area contributed by atoms with Crippen molar-refractivity contribution in [1.29, 1.82) is 0 Å². The van der Waals surface area contributed by atoms with Gasteiger partial charge >= 0.3 is 0 Å². The van der Waals surface area contributed by atoms with Gasteiger partial charge in [-0.25, -0.2) is 9.37 Å². The summed E-state index contributed by atoms with van der Waals surface area (Å²) in [5, 5.41) is 3.81. The summed E-state index contributed by atoms with van der Waals surface area (Å²) in [6.45, 7) is 2.79. The van der Waals surface area contributed by atoms with Gasteiger partial charge in [0.1, 0.15) is 18.2 Å². The Morgan fingerprint density at radius 2 is 2.07 bits per heavy atom. The molecule has 0 fully saturated rings. The number of halogens is 3. The first kappa shape index (κ1) is 19.9. The van der Waals surface area contributed by atoms with Crippen LogP contribution in [0.2, 0.25) is 5.02 Å². The molecule has 1 N–H and O–H groups in total. The average Bonchev–Trinajstić information content (AvgIpc) is 3.15. The third-order valence-electron chi connectivity index (χ3n) is 4.07. The van der Waals surface area contributed by atoms with Gasteiger partial charge in [0.05, 0.1) is 11.3 Å². The predicted octanol–water partition coefficient (Wildman–Crippen LogP) is 5.20. The van der Waals surface area contributed by atoms with Gasteiger partial charge in [0, 0.05) is 41.1 Å². The molecule has 142 valence electrons. The number of nitrogens with zero attached hydrogens (tertiary/aromatic N) is 2. The number of benzene rings is 2. The molecule has 4 nitrogen and oxygen atoms in total. The molecule has 0 aliphatic heterocycles. The summed E-state index contributed by atoms with van der Waals surface area (Å²) in [6, 6.07) is 10.2. The van der Waals surface area contributed by atoms with Gasteiger partial charge < -0.3 is 14.6 Å². The number of aryl methyl sites for hydroxylation is 1. The maximum Gasteiger partial charge on any atom is 0.124 e. The Labute approximate surface area is 171 Å². The highest BCUT2D eigenvalue weighted by molar-refractivity contribution is 9.10. The molecule has 0 unspecified atom stereocenters. The summed E-state index contributed by atoms with van der Waals surface area (Å²) >= 11 is 9.58. The molecule has 0 saturated carbocycles. The average molecular weight is 453 g/mol. The SMILES string of the molecule is Fc1ccc(COc2ccc(Br)cc2CNCCCn2ccnc2)c(Cl)c1. The van der Waals surface area contributed by atoms with Crippen LogP contribution in [0.1, 0.15) is 17.5 Å². The van der Waals surface area contributed by atoms with Crippen LogP contribution in [0.5, 0.6) is 5.75 Å². The van der Waals surface area contributed by atoms with E-state index in [0.717, 1.165) is 40.9 Å². The molecule has 2 aromatic carbocycles. The molecule has 1 heterocycles. The van der Waals surface area contributed by atoms with Gasteiger partial charge in [-0.15, -0.1) is 0 Å². The number of rotatable bonds is 9. The van der Waals surface area contributed by atoms with Crippen LogP contribution in [0.3, 0.4) is 0 Å². The van der Waals surface area contributed by atoms with E-state index >= 15 is 0 Å². The molecule has 0 atom stereocenters. The van der Waals surface area contributed by atoms with Crippen molar-refractivity contribution < 1.29 is 9.13 Å². The summed E-state index contributed by atoms with van der Waals surface area (Å²) in [7, 11) is 0. The first-order valence-electron chi connectivity index (χ1n) is 8.63. The Morgan fingerprint density at radius 3 is 2.85 bits per heavy atom. The van der Waals surface area contributed by atoms with Crippen molar-refractivity contribution in [2.75, 3.05) is 6.54 Å². The minimum Gasteiger partial charge on any atom is -0.489 e. The van der Waals surface area contributed by atoms with Crippen LogP contribution in [0, 0.1) is 5.82 Å². The fourth-order valence-electron chi connectivity index (χ4n) is 2.65. The molecule has 0 bridgehead atoms. The minimum absolute atomic E-state index is 0.286. The van der Waals surface area contributed by atoms with Crippen molar-refractivity contribution in [1.82, 2.24) is 14.9 Å². The van der Waals surface area contributed by atoms with Crippen LogP contribution < -0.4 is 10.1 Å². The number of hydrogen-bond donors (Lipinski definition) is 1. The lowest BCUT2D eigenvalue weighted by molar-refractivity contribution is 0.302. The summed E-state index contributed by atoms with van der Waals surface area (Å²) < 4.78 is 22.2. The molecule has 3 aromatic rings. The van der Waals surface area contributed by atoms with Gasteiger partial charge in [0.25, 0.3) is 0 Å². The Morgan fingerprint density at radius 1 is 1.19 bits per heavy atom. The molecule has 27 heavy (non-hydrogen) atoms. The summed E-state index contributed by atoms with van der Waals surface area (Å²) in [5.74, 6) is 0.425. The van der Waals surface area contributed by atoms with E-state index in [1.54, 1.807) is 12.3 Å². The van der Waals surface area contributed by atoms with Gasteiger partial charge in [-0.1, -0.05) is 33.6 Å². The van der Waals surface area contributed by atoms with E-state index in [1.165, 1.54) is 12.1 Å². The highest BCUT2D eigenvalue weighted by Crippen LogP contribution is 2.25. The van der Waals surface area contributed by atoms with E-state index < -0.39 is 0 Å². The van der Waals surface area contributed by atoms with Crippen LogP contribution in [-0.2, 0) is 19.7 Å². The molecule has 1 aromatic heterocycles. The lowest BCUT2D eigenvalue weighted by atomic mass is 10.2. The lowest BCUT2D eigenvalue weighted by Gasteiger charge is -2.14. The van der Waals surface area contributed by atoms with E-state index in [1.807, 2.05) is 30.7 Å². The van der Waals surface area contributed by atoms with Crippen molar-refractivity contribution in [2.24, 2.45) is 0 Å². The third kappa shape index (κ3) is 6.06. The van der Waals surface area contributed by atoms with Gasteiger partial charge in [0.15, 0.2) is 0 Å². The molecule has 0 amide bonds. The Hall–Kier alpha value is -1.89. The van der Waals surface area contributed by atoms with E-state index in [4.69, 9.17) is 16.3 Å². The normalized spacial score (nSPS) is 10.9. The third-order valence-corrected chi connectivity index (χ3v) is 4.91. The van der Waals surface area contributed by atoms with E-state index in [2.05, 4.69) is 30.8 Å². The summed E-state index contributed by atoms with van der Waals surface area (Å²) in [5.41, 5.74) is 1.80. The maximum atomic E-state index is 13.2. The topological polar surface area (TPSA) is 39.1 Å². The van der Waals surface area contributed by atoms with Crippen molar-refractivity contribution >= 4 is 27.5 Å². The molecule has 0 radical (unpaired) electrons. The fraction of sp³-hybridized carbons (Fsp3) is 0.250. The molecule has 0 aliphatic rings. The maximum absolute atomic E-state index is 13.2. The highest BCUT2D eigenvalue weighted by atomic mass is 79.9. The molecule has 3 rings (SSSR count). The van der Waals surface area contributed by atoms with E-state index in [-0.39, 0.29) is 12.4 Å². The number of imidazole rings is 1. The molecular weight excluding hydrogens is 433 g/mol. The van der Waals surface area contributed by atoms with Crippen LogP contribution in [0.4, 0.5) is 4.39 Å². The smallest absolute Gasteiger partial charge is 0.124 e. The zero-order valence-electron chi connectivity index (χ0n) is 14.7. The summed E-state index contributed by atoms with van der Waals surface area (Å²) in [4.78, 5) is 4.04. The zero-order chi connectivity index (χ0) is 19.1. The second-order valence-corrected chi connectivity index (χ2v) is 7.43. The zero-order valence-corrected chi connectivity index (χ0v) is 17.0. The predicted molar refractivity (Wildman–Crippen MR) is 108 cm³/mol. The Kier molecular flexibility index (Phi) is 7.26. The summed E-state index contributed by atoms with van der Waals surface area (Å²) in [6.07, 6.45) is 6.57. The monoisotopic (exact) mass is 451 g/mol. The Bertz CT molecular complexity index is 874. The van der Waals surface area contributed by atoms with Crippen LogP contribution in [0.25, 0.3) is 0 Å². The Balaban J connectivity index is 1.54. The number of nitrogens with one attached hydrogen (secondary N) is 1. The number of hydrogen-bond acceptors (Lipinski definition) is 3. The highest BCUT2D eigenvalue weighted by Gasteiger charge is 2.08. The number of aromatic nitrogens is 2. The van der Waals surface area contributed by atoms with Gasteiger partial charge in [-0.05, 0) is 43.3 Å². The standard InChI is InChI=1S/C20H20BrClFN3O/c21-17-3-5-20(27-13-15-2-4-18(23)11-19(15)22)16(10-17)12-24-6-1-8-26-9-7-25-14-26/h2-5,7,9-11,14,24H,1,6,8,12-13H2. The quantitative estimate of drug-likeness (QED) is 0.454. The molecule has 0 aliphatic carbocycles. The first-order chi connectivity index (χ1) is 13.1. The van der Waals surface area contributed by atoms with Crippen molar-refractivity contribution in [3.63, 3.8) is 0 Å². The van der Waals surface area contributed by atoms with Crippen LogP contribution >= 0.6 is 27.5 Å².